The Morgan fingerprint density at radius 1 is 0.771 bits per heavy atom. The molecule has 1 N–H and O–H groups in total. The molecule has 0 aromatic heterocycles. The lowest BCUT2D eigenvalue weighted by Crippen LogP contribution is -2.66. The molecule has 1 fully saturated rings. The molecule has 48 heavy (non-hydrogen) atoms. The highest BCUT2D eigenvalue weighted by atomic mass is 16.8. The highest BCUT2D eigenvalue weighted by Crippen LogP contribution is 2.42. The van der Waals surface area contributed by atoms with E-state index in [-0.39, 0.29) is 19.8 Å². The van der Waals surface area contributed by atoms with Crippen molar-refractivity contribution in [2.75, 3.05) is 13.7 Å². The number of esters is 4. The van der Waals surface area contributed by atoms with Gasteiger partial charge < -0.3 is 43.2 Å². The largest absolute Gasteiger partial charge is 0.509 e. The Morgan fingerprint density at radius 3 is 1.81 bits per heavy atom. The zero-order valence-electron chi connectivity index (χ0n) is 26.9. The molecule has 0 bridgehead atoms. The fraction of sp³-hybridized carbons (Fsp3) is 0.438. The van der Waals surface area contributed by atoms with Crippen molar-refractivity contribution >= 4 is 36.1 Å². The lowest BCUT2D eigenvalue weighted by atomic mass is 9.94. The van der Waals surface area contributed by atoms with Crippen LogP contribution < -0.4 is 5.32 Å². The smallest absolute Gasteiger partial charge is 0.464 e. The van der Waals surface area contributed by atoms with Crippen molar-refractivity contribution in [1.82, 2.24) is 5.32 Å². The summed E-state index contributed by atoms with van der Waals surface area (Å²) in [5, 5.41) is 2.29. The number of carbonyl (C=O) groups is 6. The van der Waals surface area contributed by atoms with Crippen LogP contribution in [-0.4, -0.2) is 86.3 Å². The van der Waals surface area contributed by atoms with Gasteiger partial charge in [-0.25, -0.2) is 14.4 Å². The van der Waals surface area contributed by atoms with Gasteiger partial charge in [-0.3, -0.25) is 19.1 Å². The molecule has 1 amide bonds. The third kappa shape index (κ3) is 10.1. The summed E-state index contributed by atoms with van der Waals surface area (Å²) in [5.41, 5.74) is 1.17. The molecule has 16 heteroatoms. The van der Waals surface area contributed by atoms with Gasteiger partial charge in [0.05, 0.1) is 6.61 Å². The van der Waals surface area contributed by atoms with Gasteiger partial charge in [0, 0.05) is 27.9 Å². The maximum absolute atomic E-state index is 13.5. The van der Waals surface area contributed by atoms with Crippen LogP contribution in [-0.2, 0) is 75.0 Å². The maximum Gasteiger partial charge on any atom is 0.509 e. The molecule has 0 aliphatic carbocycles. The van der Waals surface area contributed by atoms with Gasteiger partial charge in [-0.1, -0.05) is 60.7 Å². The van der Waals surface area contributed by atoms with Gasteiger partial charge in [-0.05, 0) is 18.1 Å². The Bertz CT molecular complexity index is 1420. The first kappa shape index (κ1) is 37.2. The Labute approximate surface area is 275 Å². The van der Waals surface area contributed by atoms with Gasteiger partial charge >= 0.3 is 36.1 Å². The average molecular weight is 676 g/mol. The van der Waals surface area contributed by atoms with Crippen LogP contribution in [0.25, 0.3) is 0 Å². The highest BCUT2D eigenvalue weighted by molar-refractivity contribution is 5.82. The molecular weight excluding hydrogens is 638 g/mol. The second-order valence-electron chi connectivity index (χ2n) is 10.1. The fourth-order valence-corrected chi connectivity index (χ4v) is 4.71. The number of hydrogen-bond acceptors (Lipinski definition) is 15. The summed E-state index contributed by atoms with van der Waals surface area (Å²) in [7, 11) is 1.01. The van der Waals surface area contributed by atoms with Crippen molar-refractivity contribution in [1.29, 1.82) is 0 Å². The van der Waals surface area contributed by atoms with Crippen LogP contribution in [0.3, 0.4) is 0 Å². The van der Waals surface area contributed by atoms with Crippen molar-refractivity contribution in [3.05, 3.63) is 71.8 Å². The summed E-state index contributed by atoms with van der Waals surface area (Å²) in [6, 6.07) is 15.0. The van der Waals surface area contributed by atoms with Gasteiger partial charge in [0.15, 0.2) is 12.1 Å². The molecule has 2 aromatic carbocycles. The molecule has 1 aliphatic rings. The summed E-state index contributed by atoms with van der Waals surface area (Å²) in [5.74, 6) is -6.64. The Kier molecular flexibility index (Phi) is 13.7. The summed E-state index contributed by atoms with van der Waals surface area (Å²) < 4.78 is 48.9. The number of benzene rings is 2. The number of ether oxygens (including phenoxy) is 9. The molecule has 1 heterocycles. The minimum Gasteiger partial charge on any atom is -0.464 e. The fourth-order valence-electron chi connectivity index (χ4n) is 4.71. The van der Waals surface area contributed by atoms with Gasteiger partial charge in [0.25, 0.3) is 5.79 Å². The number of rotatable bonds is 14. The van der Waals surface area contributed by atoms with E-state index >= 15 is 0 Å². The molecule has 6 atom stereocenters. The minimum atomic E-state index is -2.64. The molecule has 0 unspecified atom stereocenters. The van der Waals surface area contributed by atoms with Gasteiger partial charge in [-0.2, -0.15) is 0 Å². The Morgan fingerprint density at radius 2 is 1.31 bits per heavy atom. The van der Waals surface area contributed by atoms with Crippen molar-refractivity contribution in [3.8, 4) is 0 Å². The molecule has 0 saturated carbocycles. The second-order valence-corrected chi connectivity index (χ2v) is 10.1. The number of amides is 1. The molecule has 0 spiro atoms. The average Bonchev–Trinajstić information content (AvgIpc) is 3.32. The normalized spacial score (nSPS) is 21.1. The van der Waals surface area contributed by atoms with E-state index in [1.165, 1.54) is 6.92 Å². The van der Waals surface area contributed by atoms with E-state index in [0.717, 1.165) is 27.9 Å². The van der Waals surface area contributed by atoms with E-state index in [9.17, 15) is 28.8 Å². The quantitative estimate of drug-likeness (QED) is 0.226. The van der Waals surface area contributed by atoms with Gasteiger partial charge in [0.1, 0.15) is 13.2 Å². The number of methoxy groups -OCH3 is 1. The number of nitrogens with one attached hydrogen (secondary N) is 1. The monoisotopic (exact) mass is 675 g/mol. The second kappa shape index (κ2) is 17.6. The molecule has 1 saturated heterocycles. The molecule has 16 nitrogen and oxygen atoms in total. The topological polar surface area (TPSA) is 198 Å². The van der Waals surface area contributed by atoms with Crippen molar-refractivity contribution in [2.45, 2.75) is 77.3 Å². The maximum atomic E-state index is 13.5. The molecule has 0 radical (unpaired) electrons. The summed E-state index contributed by atoms with van der Waals surface area (Å²) >= 11 is 0. The van der Waals surface area contributed by atoms with E-state index in [0.29, 0.717) is 11.1 Å². The first-order chi connectivity index (χ1) is 22.9. The molecular formula is C32H37NO15. The SMILES string of the molecule is CCOC(=O)[C@H](NC(=O)OCc1ccccc1)[C@@H](OC(=O)OCc1ccccc1)[C@]1(OC)O[C@H](OC(C)=O)[C@H](OC(C)=O)[C@H]1OC(C)=O. The molecule has 2 aromatic rings. The van der Waals surface area contributed by atoms with Crippen molar-refractivity contribution in [3.63, 3.8) is 0 Å². The first-order valence-electron chi connectivity index (χ1n) is 14.7. The lowest BCUT2D eigenvalue weighted by molar-refractivity contribution is -0.316. The van der Waals surface area contributed by atoms with Gasteiger partial charge in [0.2, 0.25) is 18.5 Å². The molecule has 1 aliphatic heterocycles. The molecule has 260 valence electrons. The van der Waals surface area contributed by atoms with Crippen LogP contribution in [0.15, 0.2) is 60.7 Å². The lowest BCUT2D eigenvalue weighted by Gasteiger charge is -2.40. The predicted molar refractivity (Wildman–Crippen MR) is 159 cm³/mol. The Hall–Kier alpha value is -5.22. The standard InChI is InChI=1S/C32H37NO15/c1-6-41-28(37)24(33-30(38)42-17-22-13-9-7-10-14-22)26(47-31(39)43-18-23-15-11-8-12-16-23)32(40-5)27(45-20(3)35)25(44-19(2)34)29(48-32)46-21(4)36/h7-16,24-27,29H,6,17-18H2,1-5H3,(H,33,38)/t24-,25-,26-,27-,29+,32+/m1/s1. The van der Waals surface area contributed by atoms with Crippen LogP contribution in [0.5, 0.6) is 0 Å². The van der Waals surface area contributed by atoms with Crippen molar-refractivity contribution in [2.24, 2.45) is 0 Å². The van der Waals surface area contributed by atoms with E-state index in [2.05, 4.69) is 5.32 Å². The van der Waals surface area contributed by atoms with Crippen LogP contribution in [0, 0.1) is 0 Å². The highest BCUT2D eigenvalue weighted by Gasteiger charge is 2.69. The number of carbonyl (C=O) groups excluding carboxylic acids is 6. The van der Waals surface area contributed by atoms with Crippen LogP contribution >= 0.6 is 0 Å². The van der Waals surface area contributed by atoms with Crippen LogP contribution in [0.4, 0.5) is 9.59 Å². The van der Waals surface area contributed by atoms with Crippen LogP contribution in [0.2, 0.25) is 0 Å². The Balaban J connectivity index is 2.11. The van der Waals surface area contributed by atoms with E-state index < -0.39 is 72.6 Å². The van der Waals surface area contributed by atoms with Gasteiger partial charge in [-0.15, -0.1) is 0 Å². The summed E-state index contributed by atoms with van der Waals surface area (Å²) in [6.45, 7) is 3.78. The van der Waals surface area contributed by atoms with E-state index in [4.69, 9.17) is 42.6 Å². The molecule has 3 rings (SSSR count). The summed E-state index contributed by atoms with van der Waals surface area (Å²) in [6.07, 6.45) is -10.2. The van der Waals surface area contributed by atoms with Crippen molar-refractivity contribution < 1.29 is 71.4 Å². The third-order valence-corrected chi connectivity index (χ3v) is 6.61. The first-order valence-corrected chi connectivity index (χ1v) is 14.7. The van der Waals surface area contributed by atoms with E-state index in [1.807, 2.05) is 0 Å². The number of hydrogen-bond donors (Lipinski definition) is 1. The third-order valence-electron chi connectivity index (χ3n) is 6.61. The summed E-state index contributed by atoms with van der Waals surface area (Å²) in [4.78, 5) is 76.4. The zero-order chi connectivity index (χ0) is 35.3. The number of alkyl carbamates (subject to hydrolysis) is 1. The van der Waals surface area contributed by atoms with E-state index in [1.54, 1.807) is 60.7 Å². The minimum absolute atomic E-state index is 0.207. The van der Waals surface area contributed by atoms with Crippen LogP contribution in [0.1, 0.15) is 38.8 Å². The predicted octanol–water partition coefficient (Wildman–Crippen LogP) is 2.69. The zero-order valence-corrected chi connectivity index (χ0v) is 26.9.